The lowest BCUT2D eigenvalue weighted by molar-refractivity contribution is -0.115. The largest absolute Gasteiger partial charge is 0.423 e. The Morgan fingerprint density at radius 1 is 1.43 bits per heavy atom. The molecular formula is C11H22O2Si. The maximum atomic E-state index is 11.2. The van der Waals surface area contributed by atoms with Gasteiger partial charge in [0.2, 0.25) is 0 Å². The van der Waals surface area contributed by atoms with Gasteiger partial charge in [-0.1, -0.05) is 19.9 Å². The predicted molar refractivity (Wildman–Crippen MR) is 63.1 cm³/mol. The highest BCUT2D eigenvalue weighted by atomic mass is 28.3. The Morgan fingerprint density at radius 3 is 2.50 bits per heavy atom. The monoisotopic (exact) mass is 214 g/mol. The second-order valence-electron chi connectivity index (χ2n) is 3.74. The topological polar surface area (TPSA) is 26.3 Å². The maximum absolute atomic E-state index is 11.2. The fourth-order valence-electron chi connectivity index (χ4n) is 1.41. The maximum Gasteiger partial charge on any atom is 0.176 e. The van der Waals surface area contributed by atoms with Gasteiger partial charge in [-0.3, -0.25) is 4.79 Å². The van der Waals surface area contributed by atoms with Crippen LogP contribution >= 0.6 is 0 Å². The molecule has 0 bridgehead atoms. The van der Waals surface area contributed by atoms with Gasteiger partial charge in [-0.05, 0) is 31.0 Å². The predicted octanol–water partition coefficient (Wildman–Crippen LogP) is 2.69. The molecule has 0 heterocycles. The molecule has 0 saturated carbocycles. The molecule has 1 unspecified atom stereocenters. The minimum atomic E-state index is -0.985. The van der Waals surface area contributed by atoms with Crippen LogP contribution in [0.1, 0.15) is 33.1 Å². The Hall–Kier alpha value is -0.413. The van der Waals surface area contributed by atoms with Crippen molar-refractivity contribution in [3.63, 3.8) is 0 Å². The zero-order chi connectivity index (χ0) is 11.0. The van der Waals surface area contributed by atoms with E-state index in [2.05, 4.69) is 13.5 Å². The lowest BCUT2D eigenvalue weighted by Gasteiger charge is -2.11. The van der Waals surface area contributed by atoms with Crippen molar-refractivity contribution >= 4 is 14.8 Å². The van der Waals surface area contributed by atoms with Gasteiger partial charge in [0.15, 0.2) is 14.8 Å². The average Bonchev–Trinajstić information content (AvgIpc) is 2.16. The Labute approximate surface area is 89.1 Å². The van der Waals surface area contributed by atoms with E-state index in [1.54, 1.807) is 14.0 Å². The van der Waals surface area contributed by atoms with Crippen molar-refractivity contribution in [3.05, 3.63) is 12.2 Å². The van der Waals surface area contributed by atoms with Crippen LogP contribution < -0.4 is 0 Å². The molecule has 82 valence electrons. The molecule has 0 fully saturated rings. The van der Waals surface area contributed by atoms with Crippen LogP contribution in [0.5, 0.6) is 0 Å². The van der Waals surface area contributed by atoms with Crippen molar-refractivity contribution in [2.75, 3.05) is 7.11 Å². The number of rotatable bonds is 8. The van der Waals surface area contributed by atoms with Gasteiger partial charge in [-0.15, -0.1) is 0 Å². The van der Waals surface area contributed by atoms with Gasteiger partial charge < -0.3 is 4.43 Å². The number of carbonyl (C=O) groups excluding carboxylic acids is 1. The third-order valence-corrected chi connectivity index (χ3v) is 5.29. The molecule has 0 aliphatic carbocycles. The molecule has 2 nitrogen and oxygen atoms in total. The molecular weight excluding hydrogens is 192 g/mol. The van der Waals surface area contributed by atoms with Crippen LogP contribution in [0.4, 0.5) is 0 Å². The molecule has 0 aliphatic heterocycles. The summed E-state index contributed by atoms with van der Waals surface area (Å²) in [6.07, 6.45) is 2.81. The zero-order valence-corrected chi connectivity index (χ0v) is 10.8. The number of allylic oxidation sites excluding steroid dienone is 1. The third-order valence-electron chi connectivity index (χ3n) is 2.35. The SMILES string of the molecule is C=C(C)C(=O)CCC[SiH](CCC)OC. The van der Waals surface area contributed by atoms with Crippen molar-refractivity contribution in [2.24, 2.45) is 0 Å². The normalized spacial score (nSPS) is 12.5. The van der Waals surface area contributed by atoms with Crippen molar-refractivity contribution in [2.45, 2.75) is 45.2 Å². The highest BCUT2D eigenvalue weighted by molar-refractivity contribution is 6.51. The quantitative estimate of drug-likeness (QED) is 0.459. The van der Waals surface area contributed by atoms with Gasteiger partial charge in [0, 0.05) is 13.5 Å². The number of hydrogen-bond donors (Lipinski definition) is 0. The first-order valence-corrected chi connectivity index (χ1v) is 7.43. The summed E-state index contributed by atoms with van der Waals surface area (Å²) in [6, 6.07) is 2.33. The molecule has 0 spiro atoms. The number of ketones is 1. The Balaban J connectivity index is 3.60. The summed E-state index contributed by atoms with van der Waals surface area (Å²) >= 11 is 0. The van der Waals surface area contributed by atoms with Gasteiger partial charge in [0.05, 0.1) is 0 Å². The van der Waals surface area contributed by atoms with Gasteiger partial charge in [-0.2, -0.15) is 0 Å². The summed E-state index contributed by atoms with van der Waals surface area (Å²) in [5.41, 5.74) is 0.677. The molecule has 0 aromatic heterocycles. The minimum absolute atomic E-state index is 0.199. The van der Waals surface area contributed by atoms with Crippen LogP contribution in [0.15, 0.2) is 12.2 Å². The molecule has 14 heavy (non-hydrogen) atoms. The molecule has 0 aromatic carbocycles. The fraction of sp³-hybridized carbons (Fsp3) is 0.727. The van der Waals surface area contributed by atoms with Crippen LogP contribution in [0, 0.1) is 0 Å². The van der Waals surface area contributed by atoms with E-state index < -0.39 is 9.04 Å². The van der Waals surface area contributed by atoms with Crippen molar-refractivity contribution in [1.82, 2.24) is 0 Å². The summed E-state index contributed by atoms with van der Waals surface area (Å²) < 4.78 is 5.44. The summed E-state index contributed by atoms with van der Waals surface area (Å²) in [5, 5.41) is 0. The summed E-state index contributed by atoms with van der Waals surface area (Å²) in [6.45, 7) is 7.60. The molecule has 0 saturated heterocycles. The first-order valence-electron chi connectivity index (χ1n) is 5.33. The van der Waals surface area contributed by atoms with Gasteiger partial charge in [0.25, 0.3) is 0 Å². The smallest absolute Gasteiger partial charge is 0.176 e. The molecule has 0 rings (SSSR count). The van der Waals surface area contributed by atoms with E-state index in [4.69, 9.17) is 4.43 Å². The van der Waals surface area contributed by atoms with Gasteiger partial charge >= 0.3 is 0 Å². The lowest BCUT2D eigenvalue weighted by Crippen LogP contribution is -2.15. The van der Waals surface area contributed by atoms with E-state index >= 15 is 0 Å². The van der Waals surface area contributed by atoms with E-state index in [0.717, 1.165) is 12.5 Å². The zero-order valence-electron chi connectivity index (χ0n) is 9.64. The highest BCUT2D eigenvalue weighted by Gasteiger charge is 2.10. The van der Waals surface area contributed by atoms with Gasteiger partial charge in [0.1, 0.15) is 0 Å². The molecule has 0 N–H and O–H groups in total. The second kappa shape index (κ2) is 7.94. The minimum Gasteiger partial charge on any atom is -0.423 e. The first kappa shape index (κ1) is 13.6. The van der Waals surface area contributed by atoms with Crippen molar-refractivity contribution < 1.29 is 9.22 Å². The van der Waals surface area contributed by atoms with Crippen LogP contribution in [0.2, 0.25) is 12.1 Å². The third kappa shape index (κ3) is 6.10. The Bertz CT molecular complexity index is 190. The average molecular weight is 214 g/mol. The van der Waals surface area contributed by atoms with Crippen LogP contribution in [-0.4, -0.2) is 21.9 Å². The molecule has 0 aliphatic rings. The molecule has 0 amide bonds. The molecule has 3 heteroatoms. The van der Waals surface area contributed by atoms with Crippen molar-refractivity contribution in [3.8, 4) is 0 Å². The summed E-state index contributed by atoms with van der Waals surface area (Å²) in [4.78, 5) is 11.2. The Kier molecular flexibility index (Phi) is 7.71. The van der Waals surface area contributed by atoms with E-state index in [9.17, 15) is 4.79 Å². The standard InChI is InChI=1S/C11H22O2Si/c1-5-8-14(13-4)9-6-7-11(12)10(2)3/h14H,2,5-9H2,1,3-4H3. The fourth-order valence-corrected chi connectivity index (χ4v) is 3.47. The Morgan fingerprint density at radius 2 is 2.07 bits per heavy atom. The van der Waals surface area contributed by atoms with Crippen molar-refractivity contribution in [1.29, 1.82) is 0 Å². The molecule has 1 atom stereocenters. The summed E-state index contributed by atoms with van der Waals surface area (Å²) in [5.74, 6) is 0.199. The molecule has 0 aromatic rings. The van der Waals surface area contributed by atoms with Gasteiger partial charge in [-0.25, -0.2) is 0 Å². The van der Waals surface area contributed by atoms with E-state index in [-0.39, 0.29) is 5.78 Å². The highest BCUT2D eigenvalue weighted by Crippen LogP contribution is 2.10. The van der Waals surface area contributed by atoms with Crippen LogP contribution in [0.3, 0.4) is 0 Å². The van der Waals surface area contributed by atoms with E-state index in [0.29, 0.717) is 12.0 Å². The van der Waals surface area contributed by atoms with E-state index in [1.807, 2.05) is 0 Å². The van der Waals surface area contributed by atoms with Crippen LogP contribution in [0.25, 0.3) is 0 Å². The number of carbonyl (C=O) groups is 1. The van der Waals surface area contributed by atoms with Crippen LogP contribution in [-0.2, 0) is 9.22 Å². The lowest BCUT2D eigenvalue weighted by atomic mass is 10.1. The van der Waals surface area contributed by atoms with E-state index in [1.165, 1.54) is 12.5 Å². The molecule has 0 radical (unpaired) electrons. The first-order chi connectivity index (χ1) is 6.61. The number of Topliss-reactive ketones (excluding diaryl/α,β-unsaturated/α-hetero) is 1. The number of hydrogen-bond acceptors (Lipinski definition) is 2. The second-order valence-corrected chi connectivity index (χ2v) is 6.61. The summed E-state index contributed by atoms with van der Waals surface area (Å²) in [7, 11) is 0.814.